The van der Waals surface area contributed by atoms with E-state index in [0.29, 0.717) is 49.4 Å². The van der Waals surface area contributed by atoms with Crippen molar-refractivity contribution in [3.63, 3.8) is 0 Å². The van der Waals surface area contributed by atoms with Gasteiger partial charge in [0.25, 0.3) is 0 Å². The summed E-state index contributed by atoms with van der Waals surface area (Å²) < 4.78 is 17.7. The third kappa shape index (κ3) is 4.47. The van der Waals surface area contributed by atoms with Crippen molar-refractivity contribution >= 4 is 27.5 Å². The number of fused-ring (bicyclic) bond motifs is 1. The van der Waals surface area contributed by atoms with Gasteiger partial charge in [0.05, 0.1) is 24.0 Å². The number of aromatic nitrogens is 5. The summed E-state index contributed by atoms with van der Waals surface area (Å²) in [7, 11) is 0. The van der Waals surface area contributed by atoms with Crippen LogP contribution >= 0.6 is 15.9 Å². The van der Waals surface area contributed by atoms with Crippen LogP contribution in [0, 0.1) is 12.7 Å². The van der Waals surface area contributed by atoms with Crippen LogP contribution in [0.4, 0.5) is 4.39 Å². The largest absolute Gasteiger partial charge is 0.383 e. The molecule has 1 fully saturated rings. The Balaban J connectivity index is 1.28. The van der Waals surface area contributed by atoms with Crippen molar-refractivity contribution in [2.24, 2.45) is 0 Å². The number of carbonyl (C=O) groups excluding carboxylic acids is 1. The molecular weight excluding hydrogens is 503 g/mol. The molecule has 0 aliphatic carbocycles. The molecule has 1 N–H and O–H groups in total. The fourth-order valence-electron chi connectivity index (χ4n) is 4.46. The minimum Gasteiger partial charge on any atom is -0.383 e. The van der Waals surface area contributed by atoms with E-state index in [0.717, 1.165) is 15.7 Å². The smallest absolute Gasteiger partial charge is 0.228 e. The zero-order chi connectivity index (χ0) is 23.9. The van der Waals surface area contributed by atoms with Crippen LogP contribution in [0.2, 0.25) is 0 Å². The van der Waals surface area contributed by atoms with E-state index in [1.165, 1.54) is 12.3 Å². The lowest BCUT2D eigenvalue weighted by molar-refractivity contribution is -0.130. The Morgan fingerprint density at radius 1 is 1.18 bits per heavy atom. The van der Waals surface area contributed by atoms with Crippen LogP contribution in [0.1, 0.15) is 36.2 Å². The minimum absolute atomic E-state index is 0.0673. The molecule has 0 spiro atoms. The molecule has 0 bridgehead atoms. The van der Waals surface area contributed by atoms with Crippen molar-refractivity contribution in [1.29, 1.82) is 0 Å². The van der Waals surface area contributed by atoms with E-state index in [2.05, 4.69) is 31.2 Å². The number of halogens is 2. The van der Waals surface area contributed by atoms with E-state index in [9.17, 15) is 14.3 Å². The van der Waals surface area contributed by atoms with E-state index in [4.69, 9.17) is 0 Å². The van der Waals surface area contributed by atoms with Crippen molar-refractivity contribution in [1.82, 2.24) is 29.3 Å². The van der Waals surface area contributed by atoms with E-state index < -0.39 is 5.60 Å². The van der Waals surface area contributed by atoms with Gasteiger partial charge in [0.2, 0.25) is 5.91 Å². The Labute approximate surface area is 204 Å². The molecule has 34 heavy (non-hydrogen) atoms. The third-order valence-corrected chi connectivity index (χ3v) is 6.83. The summed E-state index contributed by atoms with van der Waals surface area (Å²) in [4.78, 5) is 19.1. The van der Waals surface area contributed by atoms with Crippen molar-refractivity contribution < 1.29 is 14.3 Å². The first-order valence-electron chi connectivity index (χ1n) is 11.1. The second-order valence-electron chi connectivity index (χ2n) is 8.77. The molecule has 4 aromatic rings. The SMILES string of the molecule is Cc1cc(Br)ccc1-n1cc(C2(O)CCCN(C(=O)Cc3cn4cc(F)ccc4n3)CC2)nn1. The molecule has 0 saturated carbocycles. The average molecular weight is 527 g/mol. The Hall–Kier alpha value is -3.11. The number of hydrogen-bond donors (Lipinski definition) is 1. The summed E-state index contributed by atoms with van der Waals surface area (Å²) in [5, 5.41) is 19.9. The summed E-state index contributed by atoms with van der Waals surface area (Å²) in [5.74, 6) is -0.427. The van der Waals surface area contributed by atoms with Crippen molar-refractivity contribution in [3.05, 3.63) is 76.2 Å². The molecule has 1 aliphatic rings. The van der Waals surface area contributed by atoms with Crippen LogP contribution in [-0.4, -0.2) is 53.4 Å². The molecule has 1 aromatic carbocycles. The van der Waals surface area contributed by atoms with Crippen molar-refractivity contribution in [2.45, 2.75) is 38.2 Å². The quantitative estimate of drug-likeness (QED) is 0.439. The average Bonchev–Trinajstić information content (AvgIpc) is 3.38. The molecule has 176 valence electrons. The number of pyridine rings is 1. The first-order valence-corrected chi connectivity index (χ1v) is 11.9. The van der Waals surface area contributed by atoms with Gasteiger partial charge in [0.1, 0.15) is 22.8 Å². The monoisotopic (exact) mass is 526 g/mol. The predicted octanol–water partition coefficient (Wildman–Crippen LogP) is 3.57. The second-order valence-corrected chi connectivity index (χ2v) is 9.68. The van der Waals surface area contributed by atoms with E-state index >= 15 is 0 Å². The fourth-order valence-corrected chi connectivity index (χ4v) is 4.94. The van der Waals surface area contributed by atoms with Gasteiger partial charge in [-0.15, -0.1) is 5.10 Å². The van der Waals surface area contributed by atoms with Gasteiger partial charge < -0.3 is 14.4 Å². The number of nitrogens with zero attached hydrogens (tertiary/aromatic N) is 6. The molecule has 1 amide bonds. The number of aryl methyl sites for hydroxylation is 1. The van der Waals surface area contributed by atoms with Crippen LogP contribution < -0.4 is 0 Å². The maximum atomic E-state index is 13.4. The number of rotatable bonds is 4. The summed E-state index contributed by atoms with van der Waals surface area (Å²) in [6, 6.07) is 8.81. The lowest BCUT2D eigenvalue weighted by atomic mass is 9.92. The van der Waals surface area contributed by atoms with Gasteiger partial charge in [0.15, 0.2) is 0 Å². The van der Waals surface area contributed by atoms with Crippen LogP contribution in [0.3, 0.4) is 0 Å². The minimum atomic E-state index is -1.16. The molecule has 8 nitrogen and oxygen atoms in total. The van der Waals surface area contributed by atoms with Gasteiger partial charge >= 0.3 is 0 Å². The molecule has 10 heteroatoms. The van der Waals surface area contributed by atoms with Crippen LogP contribution in [-0.2, 0) is 16.8 Å². The Morgan fingerprint density at radius 3 is 2.85 bits per heavy atom. The second kappa shape index (κ2) is 8.92. The fraction of sp³-hybridized carbons (Fsp3) is 0.333. The van der Waals surface area contributed by atoms with Crippen LogP contribution in [0.15, 0.2) is 53.4 Å². The maximum Gasteiger partial charge on any atom is 0.228 e. The molecule has 5 rings (SSSR count). The Morgan fingerprint density at radius 2 is 2.03 bits per heavy atom. The summed E-state index contributed by atoms with van der Waals surface area (Å²) in [6.45, 7) is 2.94. The number of carbonyl (C=O) groups is 1. The third-order valence-electron chi connectivity index (χ3n) is 6.34. The molecule has 1 saturated heterocycles. The zero-order valence-electron chi connectivity index (χ0n) is 18.7. The van der Waals surface area contributed by atoms with Crippen molar-refractivity contribution in [3.8, 4) is 5.69 Å². The summed E-state index contributed by atoms with van der Waals surface area (Å²) in [6.07, 6.45) is 6.40. The van der Waals surface area contributed by atoms with Gasteiger partial charge in [-0.05, 0) is 62.1 Å². The normalized spacial score (nSPS) is 18.9. The zero-order valence-corrected chi connectivity index (χ0v) is 20.2. The van der Waals surface area contributed by atoms with E-state index in [1.54, 1.807) is 32.4 Å². The molecule has 4 heterocycles. The molecule has 1 unspecified atom stereocenters. The number of likely N-dealkylation sites (tertiary alicyclic amines) is 1. The number of amides is 1. The number of hydrogen-bond acceptors (Lipinski definition) is 5. The van der Waals surface area contributed by atoms with Crippen LogP contribution in [0.25, 0.3) is 11.3 Å². The predicted molar refractivity (Wildman–Crippen MR) is 127 cm³/mol. The standard InChI is InChI=1S/C24H24BrFN6O2/c1-16-11-17(25)3-5-20(16)32-15-21(28-29-32)24(34)7-2-9-30(10-8-24)23(33)12-19-14-31-13-18(26)4-6-22(31)27-19/h3-6,11,13-15,34H,2,7-10,12H2,1H3. The highest BCUT2D eigenvalue weighted by Gasteiger charge is 2.36. The number of aliphatic hydroxyl groups is 1. The molecule has 0 radical (unpaired) electrons. The lowest BCUT2D eigenvalue weighted by Gasteiger charge is -2.24. The van der Waals surface area contributed by atoms with Gasteiger partial charge in [-0.25, -0.2) is 14.1 Å². The van der Waals surface area contributed by atoms with Crippen LogP contribution in [0.5, 0.6) is 0 Å². The maximum absolute atomic E-state index is 13.4. The summed E-state index contributed by atoms with van der Waals surface area (Å²) in [5.41, 5.74) is 2.46. The Bertz CT molecular complexity index is 1370. The van der Waals surface area contributed by atoms with Gasteiger partial charge in [-0.2, -0.15) is 0 Å². The number of benzene rings is 1. The number of imidazole rings is 1. The molecular formula is C24H24BrFN6O2. The van der Waals surface area contributed by atoms with Gasteiger partial charge in [-0.3, -0.25) is 4.79 Å². The highest BCUT2D eigenvalue weighted by atomic mass is 79.9. The first kappa shape index (κ1) is 22.7. The van der Waals surface area contributed by atoms with Crippen molar-refractivity contribution in [2.75, 3.05) is 13.1 Å². The summed E-state index contributed by atoms with van der Waals surface area (Å²) >= 11 is 3.47. The highest BCUT2D eigenvalue weighted by Crippen LogP contribution is 2.32. The molecule has 1 atom stereocenters. The molecule has 3 aromatic heterocycles. The van der Waals surface area contributed by atoms with Gasteiger partial charge in [0, 0.05) is 30.0 Å². The highest BCUT2D eigenvalue weighted by molar-refractivity contribution is 9.10. The van der Waals surface area contributed by atoms with E-state index in [-0.39, 0.29) is 18.1 Å². The van der Waals surface area contributed by atoms with E-state index in [1.807, 2.05) is 25.1 Å². The topological polar surface area (TPSA) is 88.5 Å². The molecule has 1 aliphatic heterocycles. The Kier molecular flexibility index (Phi) is 5.95. The first-order chi connectivity index (χ1) is 16.3. The lowest BCUT2D eigenvalue weighted by Crippen LogP contribution is -2.34. The van der Waals surface area contributed by atoms with Gasteiger partial charge in [-0.1, -0.05) is 21.1 Å².